The van der Waals surface area contributed by atoms with E-state index >= 15 is 0 Å². The number of aliphatic hydroxyl groups is 1. The van der Waals surface area contributed by atoms with E-state index in [2.05, 4.69) is 10.6 Å². The van der Waals surface area contributed by atoms with E-state index in [9.17, 15) is 23.1 Å². The van der Waals surface area contributed by atoms with E-state index in [1.54, 1.807) is 12.1 Å². The van der Waals surface area contributed by atoms with Crippen LogP contribution < -0.4 is 16.4 Å². The summed E-state index contributed by atoms with van der Waals surface area (Å²) in [5, 5.41) is 16.5. The van der Waals surface area contributed by atoms with E-state index in [1.165, 1.54) is 16.4 Å². The maximum atomic E-state index is 14.0. The molecule has 1 aliphatic carbocycles. The molecule has 0 unspecified atom stereocenters. The fourth-order valence-corrected chi connectivity index (χ4v) is 8.38. The summed E-state index contributed by atoms with van der Waals surface area (Å²) in [6.07, 6.45) is 6.39. The molecule has 260 valence electrons. The number of sulfonamides is 1. The van der Waals surface area contributed by atoms with Gasteiger partial charge in [0.05, 0.1) is 11.5 Å². The van der Waals surface area contributed by atoms with Gasteiger partial charge in [0, 0.05) is 36.7 Å². The summed E-state index contributed by atoms with van der Waals surface area (Å²) in [6.45, 7) is 4.17. The number of unbranched alkanes of at least 4 members (excludes halogenated alkanes) is 1. The number of benzene rings is 3. The number of nitrogens with zero attached hydrogens (tertiary/aromatic N) is 1. The average molecular weight is 677 g/mol. The van der Waals surface area contributed by atoms with Crippen molar-refractivity contribution in [1.29, 1.82) is 0 Å². The first-order valence-electron chi connectivity index (χ1n) is 17.3. The lowest BCUT2D eigenvalue weighted by Crippen LogP contribution is -2.52. The lowest BCUT2D eigenvalue weighted by molar-refractivity contribution is -0.132. The largest absolute Gasteiger partial charge is 0.399 e. The summed E-state index contributed by atoms with van der Waals surface area (Å²) >= 11 is 0. The van der Waals surface area contributed by atoms with Crippen molar-refractivity contribution >= 4 is 27.5 Å². The van der Waals surface area contributed by atoms with Crippen molar-refractivity contribution in [2.75, 3.05) is 25.4 Å². The van der Waals surface area contributed by atoms with Gasteiger partial charge in [-0.3, -0.25) is 9.59 Å². The number of anilines is 1. The number of hydrogen-bond acceptors (Lipinski definition) is 6. The fourth-order valence-electron chi connectivity index (χ4n) is 6.57. The molecule has 1 aliphatic rings. The molecule has 0 aliphatic heterocycles. The first-order valence-corrected chi connectivity index (χ1v) is 18.7. The van der Waals surface area contributed by atoms with Crippen LogP contribution in [0.1, 0.15) is 82.3 Å². The van der Waals surface area contributed by atoms with Crippen LogP contribution in [0.5, 0.6) is 0 Å². The summed E-state index contributed by atoms with van der Waals surface area (Å²) in [5.74, 6) is -0.783. The summed E-state index contributed by atoms with van der Waals surface area (Å²) in [7, 11) is -3.87. The van der Waals surface area contributed by atoms with E-state index < -0.39 is 22.1 Å². The zero-order valence-corrected chi connectivity index (χ0v) is 29.1. The standard InChI is InChI=1S/C38H52N4O5S/c1-28(2)26-42(48(46,47)34-23-21-32(39)22-24-34)33(27-43)20-12-13-25-40-38(45)36(41-37(44)31-18-10-5-11-19-31)35(29-14-6-3-7-15-29)30-16-8-4-9-17-30/h3-4,6-9,14-17,21-24,28,31,33,35-36,43H,5,10-13,18-20,25-27,39H2,1-2H3,(H,40,45)(H,41,44)/t33-,36-/m0/s1. The number of nitrogens with two attached hydrogens (primary N) is 1. The van der Waals surface area contributed by atoms with Gasteiger partial charge < -0.3 is 21.5 Å². The lowest BCUT2D eigenvalue weighted by atomic mass is 9.83. The summed E-state index contributed by atoms with van der Waals surface area (Å²) < 4.78 is 28.6. The number of aliphatic hydroxyl groups excluding tert-OH is 1. The quantitative estimate of drug-likeness (QED) is 0.111. The number of hydrogen-bond donors (Lipinski definition) is 4. The molecular weight excluding hydrogens is 625 g/mol. The Morgan fingerprint density at radius 3 is 2.00 bits per heavy atom. The number of rotatable bonds is 17. The Bertz CT molecular complexity index is 1490. The van der Waals surface area contributed by atoms with Gasteiger partial charge in [-0.1, -0.05) is 100 Å². The van der Waals surface area contributed by atoms with Crippen LogP contribution in [0.15, 0.2) is 89.8 Å². The van der Waals surface area contributed by atoms with Crippen LogP contribution >= 0.6 is 0 Å². The Hall–Kier alpha value is -3.73. The number of carbonyl (C=O) groups excluding carboxylic acids is 2. The highest BCUT2D eigenvalue weighted by atomic mass is 32.2. The molecule has 3 aromatic carbocycles. The molecule has 0 spiro atoms. The second-order valence-electron chi connectivity index (χ2n) is 13.3. The number of amides is 2. The molecule has 0 bridgehead atoms. The van der Waals surface area contributed by atoms with Crippen LogP contribution in [0.3, 0.4) is 0 Å². The van der Waals surface area contributed by atoms with E-state index in [4.69, 9.17) is 5.73 Å². The first kappa shape index (κ1) is 37.1. The molecule has 4 rings (SSSR count). The van der Waals surface area contributed by atoms with Crippen molar-refractivity contribution in [2.24, 2.45) is 11.8 Å². The molecule has 2 atom stereocenters. The van der Waals surface area contributed by atoms with E-state index in [-0.39, 0.29) is 47.6 Å². The molecule has 0 heterocycles. The molecule has 1 fully saturated rings. The molecule has 1 saturated carbocycles. The van der Waals surface area contributed by atoms with Crippen LogP contribution in [-0.2, 0) is 19.6 Å². The van der Waals surface area contributed by atoms with Crippen molar-refractivity contribution in [3.05, 3.63) is 96.1 Å². The van der Waals surface area contributed by atoms with Crippen LogP contribution in [0.4, 0.5) is 5.69 Å². The third-order valence-electron chi connectivity index (χ3n) is 9.12. The van der Waals surface area contributed by atoms with Gasteiger partial charge in [0.1, 0.15) is 6.04 Å². The Morgan fingerprint density at radius 2 is 1.46 bits per heavy atom. The highest BCUT2D eigenvalue weighted by Crippen LogP contribution is 2.30. The van der Waals surface area contributed by atoms with Crippen LogP contribution in [-0.4, -0.2) is 61.4 Å². The molecule has 10 heteroatoms. The minimum absolute atomic E-state index is 0.0461. The highest BCUT2D eigenvalue weighted by molar-refractivity contribution is 7.89. The van der Waals surface area contributed by atoms with Gasteiger partial charge in [0.15, 0.2) is 0 Å². The number of nitrogens with one attached hydrogen (secondary N) is 2. The second kappa shape index (κ2) is 18.1. The minimum Gasteiger partial charge on any atom is -0.399 e. The highest BCUT2D eigenvalue weighted by Gasteiger charge is 2.35. The Labute approximate surface area is 286 Å². The van der Waals surface area contributed by atoms with Crippen molar-refractivity contribution in [3.63, 3.8) is 0 Å². The first-order chi connectivity index (χ1) is 23.1. The van der Waals surface area contributed by atoms with Gasteiger partial charge in [-0.25, -0.2) is 8.42 Å². The monoisotopic (exact) mass is 676 g/mol. The molecule has 9 nitrogen and oxygen atoms in total. The van der Waals surface area contributed by atoms with Gasteiger partial charge in [-0.2, -0.15) is 4.31 Å². The summed E-state index contributed by atoms with van der Waals surface area (Å²) in [5.41, 5.74) is 8.13. The average Bonchev–Trinajstić information content (AvgIpc) is 3.10. The van der Waals surface area contributed by atoms with Crippen LogP contribution in [0.25, 0.3) is 0 Å². The fraction of sp³-hybridized carbons (Fsp3) is 0.474. The van der Waals surface area contributed by atoms with Gasteiger partial charge in [0.25, 0.3) is 0 Å². The number of carbonyl (C=O) groups is 2. The Morgan fingerprint density at radius 1 is 0.875 bits per heavy atom. The van der Waals surface area contributed by atoms with Crippen LogP contribution in [0, 0.1) is 11.8 Å². The van der Waals surface area contributed by atoms with E-state index in [0.717, 1.165) is 43.2 Å². The topological polar surface area (TPSA) is 142 Å². The van der Waals surface area contributed by atoms with Crippen molar-refractivity contribution in [3.8, 4) is 0 Å². The zero-order chi connectivity index (χ0) is 34.5. The molecule has 5 N–H and O–H groups in total. The predicted octanol–water partition coefficient (Wildman–Crippen LogP) is 5.46. The maximum Gasteiger partial charge on any atom is 0.243 e. The zero-order valence-electron chi connectivity index (χ0n) is 28.3. The third-order valence-corrected chi connectivity index (χ3v) is 11.1. The molecule has 0 aromatic heterocycles. The maximum absolute atomic E-state index is 14.0. The Balaban J connectivity index is 1.46. The minimum atomic E-state index is -3.87. The van der Waals surface area contributed by atoms with Crippen LogP contribution in [0.2, 0.25) is 0 Å². The number of nitrogen functional groups attached to an aromatic ring is 1. The Kier molecular flexibility index (Phi) is 14.0. The van der Waals surface area contributed by atoms with Gasteiger partial charge >= 0.3 is 0 Å². The molecule has 0 saturated heterocycles. The second-order valence-corrected chi connectivity index (χ2v) is 15.2. The summed E-state index contributed by atoms with van der Waals surface area (Å²) in [6, 6.07) is 24.2. The van der Waals surface area contributed by atoms with E-state index in [1.807, 2.05) is 74.5 Å². The molecule has 0 radical (unpaired) electrons. The third kappa shape index (κ3) is 10.1. The van der Waals surface area contributed by atoms with Gasteiger partial charge in [0.2, 0.25) is 21.8 Å². The van der Waals surface area contributed by atoms with E-state index in [0.29, 0.717) is 31.5 Å². The smallest absolute Gasteiger partial charge is 0.243 e. The van der Waals surface area contributed by atoms with Crippen molar-refractivity contribution in [1.82, 2.24) is 14.9 Å². The molecule has 2 amide bonds. The molecule has 48 heavy (non-hydrogen) atoms. The predicted molar refractivity (Wildman–Crippen MR) is 191 cm³/mol. The van der Waals surface area contributed by atoms with Crippen molar-refractivity contribution < 1.29 is 23.1 Å². The van der Waals surface area contributed by atoms with Gasteiger partial charge in [-0.05, 0) is 67.0 Å². The summed E-state index contributed by atoms with van der Waals surface area (Å²) in [4.78, 5) is 27.6. The van der Waals surface area contributed by atoms with Crippen molar-refractivity contribution in [2.45, 2.75) is 88.1 Å². The SMILES string of the molecule is CC(C)CN([C@H](CO)CCCCNC(=O)[C@@H](NC(=O)C1CCCCC1)C(c1ccccc1)c1ccccc1)S(=O)(=O)c1ccc(N)cc1. The normalized spacial score (nSPS) is 15.4. The molecular formula is C38H52N4O5S. The lowest BCUT2D eigenvalue weighted by Gasteiger charge is -2.31. The molecule has 3 aromatic rings. The van der Waals surface area contributed by atoms with Gasteiger partial charge in [-0.15, -0.1) is 0 Å².